The van der Waals surface area contributed by atoms with Gasteiger partial charge in [0.05, 0.1) is 12.5 Å². The summed E-state index contributed by atoms with van der Waals surface area (Å²) >= 11 is 0. The van der Waals surface area contributed by atoms with Gasteiger partial charge in [-0.1, -0.05) is 30.4 Å². The van der Waals surface area contributed by atoms with E-state index in [0.29, 0.717) is 40.9 Å². The first-order chi connectivity index (χ1) is 14.8. The lowest BCUT2D eigenvalue weighted by atomic mass is 9.99. The highest BCUT2D eigenvalue weighted by Gasteiger charge is 2.22. The van der Waals surface area contributed by atoms with Gasteiger partial charge in [-0.2, -0.15) is 0 Å². The van der Waals surface area contributed by atoms with Gasteiger partial charge in [-0.3, -0.25) is 19.8 Å². The van der Waals surface area contributed by atoms with Crippen molar-refractivity contribution in [1.82, 2.24) is 10.2 Å². The van der Waals surface area contributed by atoms with Gasteiger partial charge in [0.1, 0.15) is 5.84 Å². The fraction of sp³-hybridized carbons (Fsp3) is 0.217. The second kappa shape index (κ2) is 9.25. The molecule has 1 aliphatic heterocycles. The van der Waals surface area contributed by atoms with Crippen LogP contribution < -0.4 is 11.1 Å². The average Bonchev–Trinajstić information content (AvgIpc) is 3.27. The van der Waals surface area contributed by atoms with E-state index in [0.717, 1.165) is 0 Å². The quantitative estimate of drug-likeness (QED) is 0.309. The van der Waals surface area contributed by atoms with Crippen molar-refractivity contribution in [2.24, 2.45) is 5.73 Å². The van der Waals surface area contributed by atoms with Crippen LogP contribution in [0.4, 0.5) is 0 Å². The minimum Gasteiger partial charge on any atom is -0.481 e. The number of aryl methyl sites for hydroxylation is 1. The number of amides is 2. The molecule has 0 fully saturated rings. The Kier molecular flexibility index (Phi) is 6.49. The maximum Gasteiger partial charge on any atom is 0.305 e. The predicted octanol–water partition coefficient (Wildman–Crippen LogP) is 2.24. The highest BCUT2D eigenvalue weighted by molar-refractivity contribution is 5.99. The molecule has 160 valence electrons. The number of hydrogen-bond donors (Lipinski definition) is 4. The van der Waals surface area contributed by atoms with E-state index in [1.165, 1.54) is 0 Å². The van der Waals surface area contributed by atoms with Crippen LogP contribution in [0.5, 0.6) is 0 Å². The lowest BCUT2D eigenvalue weighted by Gasteiger charge is -2.19. The van der Waals surface area contributed by atoms with Crippen LogP contribution in [0, 0.1) is 12.3 Å². The molecule has 0 aliphatic carbocycles. The smallest absolute Gasteiger partial charge is 0.305 e. The molecule has 31 heavy (non-hydrogen) atoms. The Morgan fingerprint density at radius 1 is 1.13 bits per heavy atom. The molecule has 0 aromatic heterocycles. The molecule has 2 amide bonds. The number of amidine groups is 1. The third-order valence-corrected chi connectivity index (χ3v) is 5.11. The number of carbonyl (C=O) groups is 3. The van der Waals surface area contributed by atoms with Crippen LogP contribution in [-0.4, -0.2) is 46.7 Å². The summed E-state index contributed by atoms with van der Waals surface area (Å²) in [5, 5.41) is 19.6. The van der Waals surface area contributed by atoms with E-state index < -0.39 is 17.9 Å². The monoisotopic (exact) mass is 420 g/mol. The third-order valence-electron chi connectivity index (χ3n) is 5.11. The molecule has 2 aromatic carbocycles. The van der Waals surface area contributed by atoms with Crippen molar-refractivity contribution >= 4 is 23.6 Å². The van der Waals surface area contributed by atoms with Gasteiger partial charge in [0.15, 0.2) is 0 Å². The van der Waals surface area contributed by atoms with Crippen molar-refractivity contribution in [2.45, 2.75) is 19.4 Å². The molecule has 2 aromatic rings. The van der Waals surface area contributed by atoms with Gasteiger partial charge in [0.2, 0.25) is 0 Å². The predicted molar refractivity (Wildman–Crippen MR) is 116 cm³/mol. The minimum atomic E-state index is -1.07. The summed E-state index contributed by atoms with van der Waals surface area (Å²) in [6.45, 7) is 2.89. The fourth-order valence-corrected chi connectivity index (χ4v) is 3.45. The number of nitrogens with zero attached hydrogens (tertiary/aromatic N) is 1. The van der Waals surface area contributed by atoms with Crippen LogP contribution in [0.2, 0.25) is 0 Å². The molecule has 3 rings (SSSR count). The number of nitrogens with one attached hydrogen (secondary N) is 2. The van der Waals surface area contributed by atoms with Gasteiger partial charge < -0.3 is 21.1 Å². The van der Waals surface area contributed by atoms with Crippen LogP contribution in [0.15, 0.2) is 54.6 Å². The summed E-state index contributed by atoms with van der Waals surface area (Å²) < 4.78 is 0. The maximum absolute atomic E-state index is 12.8. The van der Waals surface area contributed by atoms with Crippen molar-refractivity contribution in [3.63, 3.8) is 0 Å². The second-order valence-corrected chi connectivity index (χ2v) is 7.37. The van der Waals surface area contributed by atoms with Gasteiger partial charge >= 0.3 is 5.97 Å². The normalized spacial score (nSPS) is 13.6. The summed E-state index contributed by atoms with van der Waals surface area (Å²) in [7, 11) is 0. The average molecular weight is 420 g/mol. The van der Waals surface area contributed by atoms with Crippen LogP contribution in [-0.2, 0) is 4.79 Å². The van der Waals surface area contributed by atoms with Crippen molar-refractivity contribution in [3.05, 3.63) is 82.4 Å². The lowest BCUT2D eigenvalue weighted by molar-refractivity contribution is -0.137. The van der Waals surface area contributed by atoms with Gasteiger partial charge in [-0.25, -0.2) is 0 Å². The van der Waals surface area contributed by atoms with E-state index in [1.54, 1.807) is 54.3 Å². The summed E-state index contributed by atoms with van der Waals surface area (Å²) in [5.41, 5.74) is 8.01. The number of rotatable bonds is 7. The van der Waals surface area contributed by atoms with Crippen molar-refractivity contribution in [1.29, 1.82) is 5.41 Å². The van der Waals surface area contributed by atoms with Crippen LogP contribution in [0.3, 0.4) is 0 Å². The zero-order valence-corrected chi connectivity index (χ0v) is 17.1. The third kappa shape index (κ3) is 5.16. The molecule has 5 N–H and O–H groups in total. The van der Waals surface area contributed by atoms with Crippen molar-refractivity contribution in [3.8, 4) is 0 Å². The second-order valence-electron chi connectivity index (χ2n) is 7.37. The molecule has 8 heteroatoms. The number of carboxylic acid groups (broad SMARTS) is 1. The van der Waals surface area contributed by atoms with Crippen LogP contribution in [0.1, 0.15) is 49.9 Å². The molecular formula is C23H24N4O4. The Labute approximate surface area is 179 Å². The topological polar surface area (TPSA) is 137 Å². The van der Waals surface area contributed by atoms with Gasteiger partial charge in [-0.05, 0) is 42.3 Å². The number of benzene rings is 2. The van der Waals surface area contributed by atoms with E-state index in [9.17, 15) is 19.5 Å². The first kappa shape index (κ1) is 21.8. The Morgan fingerprint density at radius 3 is 2.45 bits per heavy atom. The number of nitrogen functional groups attached to an aromatic ring is 1. The molecule has 0 saturated carbocycles. The molecule has 0 spiro atoms. The van der Waals surface area contributed by atoms with Crippen molar-refractivity contribution in [2.75, 3.05) is 13.1 Å². The fourth-order valence-electron chi connectivity index (χ4n) is 3.45. The Bertz CT molecular complexity index is 1070. The number of aliphatic carboxylic acids is 1. The maximum atomic E-state index is 12.8. The molecule has 0 saturated heterocycles. The van der Waals surface area contributed by atoms with Crippen LogP contribution >= 0.6 is 0 Å². The zero-order chi connectivity index (χ0) is 22.5. The molecule has 1 aliphatic rings. The minimum absolute atomic E-state index is 0.0979. The molecule has 1 unspecified atom stereocenters. The molecule has 1 heterocycles. The van der Waals surface area contributed by atoms with E-state index in [4.69, 9.17) is 11.1 Å². The summed E-state index contributed by atoms with van der Waals surface area (Å²) in [6.07, 6.45) is 3.53. The van der Waals surface area contributed by atoms with Crippen LogP contribution in [0.25, 0.3) is 0 Å². The van der Waals surface area contributed by atoms with E-state index in [2.05, 4.69) is 5.32 Å². The number of hydrogen-bond acceptors (Lipinski definition) is 4. The molecule has 0 bridgehead atoms. The van der Waals surface area contributed by atoms with Gasteiger partial charge in [-0.15, -0.1) is 0 Å². The first-order valence-electron chi connectivity index (χ1n) is 9.78. The Morgan fingerprint density at radius 2 is 1.84 bits per heavy atom. The SMILES string of the molecule is Cc1cc(C(=O)NC(CC(=O)O)c2cccc(C(=N)N)c2)ccc1C(=O)N1CC=CC1. The molecule has 8 nitrogen and oxygen atoms in total. The first-order valence-corrected chi connectivity index (χ1v) is 9.78. The summed E-state index contributed by atoms with van der Waals surface area (Å²) in [5.74, 6) is -1.77. The number of nitrogens with two attached hydrogens (primary N) is 1. The highest BCUT2D eigenvalue weighted by atomic mass is 16.4. The van der Waals surface area contributed by atoms with Gasteiger partial charge in [0, 0.05) is 29.8 Å². The van der Waals surface area contributed by atoms with E-state index >= 15 is 0 Å². The zero-order valence-electron chi connectivity index (χ0n) is 17.1. The standard InChI is InChI=1S/C23H24N4O4/c1-14-11-17(7-8-18(14)23(31)27-9-2-3-10-27)22(30)26-19(13-20(28)29)15-5-4-6-16(12-15)21(24)25/h2-8,11-12,19H,9-10,13H2,1H3,(H3,24,25)(H,26,30)(H,28,29). The number of carboxylic acids is 1. The summed E-state index contributed by atoms with van der Waals surface area (Å²) in [6, 6.07) is 10.6. The largest absolute Gasteiger partial charge is 0.481 e. The van der Waals surface area contributed by atoms with E-state index in [1.807, 2.05) is 12.2 Å². The molecular weight excluding hydrogens is 396 g/mol. The van der Waals surface area contributed by atoms with E-state index in [-0.39, 0.29) is 18.2 Å². The lowest BCUT2D eigenvalue weighted by Crippen LogP contribution is -2.31. The Balaban J connectivity index is 1.80. The highest BCUT2D eigenvalue weighted by Crippen LogP contribution is 2.21. The molecule has 0 radical (unpaired) electrons. The van der Waals surface area contributed by atoms with Gasteiger partial charge in [0.25, 0.3) is 11.8 Å². The molecule has 1 atom stereocenters. The Hall–Kier alpha value is -3.94. The number of carbonyl (C=O) groups excluding carboxylic acids is 2. The summed E-state index contributed by atoms with van der Waals surface area (Å²) in [4.78, 5) is 38.5. The van der Waals surface area contributed by atoms with Crippen molar-refractivity contribution < 1.29 is 19.5 Å².